The van der Waals surface area contributed by atoms with Gasteiger partial charge in [-0.25, -0.2) is 0 Å². The van der Waals surface area contributed by atoms with Crippen LogP contribution in [0.25, 0.3) is 6.08 Å². The second kappa shape index (κ2) is 7.36. The fraction of sp³-hybridized carbons (Fsp3) is 0.273. The molecule has 2 amide bonds. The molecule has 0 bridgehead atoms. The molecule has 1 aliphatic heterocycles. The molecule has 5 nitrogen and oxygen atoms in total. The number of aromatic hydroxyl groups is 2. The Morgan fingerprint density at radius 2 is 1.71 bits per heavy atom. The van der Waals surface area contributed by atoms with Gasteiger partial charge in [0.15, 0.2) is 11.5 Å². The number of imide groups is 1. The van der Waals surface area contributed by atoms with Crippen molar-refractivity contribution in [1.29, 1.82) is 0 Å². The van der Waals surface area contributed by atoms with Gasteiger partial charge in [-0.15, -0.1) is 0 Å². The fourth-order valence-electron chi connectivity index (χ4n) is 2.95. The smallest absolute Gasteiger partial charge is 0.293 e. The van der Waals surface area contributed by atoms with Gasteiger partial charge in [0.25, 0.3) is 11.1 Å². The molecule has 6 heteroatoms. The van der Waals surface area contributed by atoms with E-state index in [4.69, 9.17) is 0 Å². The number of carbonyl (C=O) groups is 2. The minimum absolute atomic E-state index is 0.0391. The lowest BCUT2D eigenvalue weighted by molar-refractivity contribution is -0.123. The number of benzene rings is 2. The molecule has 0 radical (unpaired) electrons. The standard InChI is InChI=1S/C22H23NO4S/c1-13-9-15(10-17(24)19(13)25)11-18-20(26)23(21(27)28-18)12-14-5-7-16(8-6-14)22(2,3)4/h5-11,24-25H,12H2,1-4H3/b18-11-. The number of phenolic OH excluding ortho intramolecular Hbond substituents is 2. The summed E-state index contributed by atoms with van der Waals surface area (Å²) in [5.41, 5.74) is 3.15. The Morgan fingerprint density at radius 1 is 1.07 bits per heavy atom. The number of amides is 2. The maximum Gasteiger partial charge on any atom is 0.293 e. The first-order chi connectivity index (χ1) is 13.1. The first kappa shape index (κ1) is 20.0. The average molecular weight is 397 g/mol. The lowest BCUT2D eigenvalue weighted by Gasteiger charge is -2.20. The van der Waals surface area contributed by atoms with Crippen LogP contribution in [0.2, 0.25) is 0 Å². The van der Waals surface area contributed by atoms with Crippen molar-refractivity contribution in [2.24, 2.45) is 0 Å². The number of hydrogen-bond acceptors (Lipinski definition) is 5. The zero-order valence-corrected chi connectivity index (χ0v) is 17.1. The predicted molar refractivity (Wildman–Crippen MR) is 111 cm³/mol. The van der Waals surface area contributed by atoms with E-state index in [-0.39, 0.29) is 34.6 Å². The molecule has 1 aliphatic rings. The molecular formula is C22H23NO4S. The molecule has 1 heterocycles. The molecule has 0 aromatic heterocycles. The number of carbonyl (C=O) groups excluding carboxylic acids is 2. The molecule has 0 spiro atoms. The van der Waals surface area contributed by atoms with Crippen molar-refractivity contribution in [3.8, 4) is 11.5 Å². The van der Waals surface area contributed by atoms with Crippen LogP contribution < -0.4 is 0 Å². The molecule has 3 rings (SSSR count). The van der Waals surface area contributed by atoms with E-state index in [1.807, 2.05) is 24.3 Å². The van der Waals surface area contributed by atoms with Gasteiger partial charge < -0.3 is 10.2 Å². The number of phenols is 2. The second-order valence-corrected chi connectivity index (χ2v) is 8.91. The molecule has 0 atom stereocenters. The summed E-state index contributed by atoms with van der Waals surface area (Å²) in [4.78, 5) is 26.5. The second-order valence-electron chi connectivity index (χ2n) is 7.92. The third-order valence-corrected chi connectivity index (χ3v) is 5.54. The summed E-state index contributed by atoms with van der Waals surface area (Å²) in [7, 11) is 0. The van der Waals surface area contributed by atoms with Gasteiger partial charge in [-0.2, -0.15) is 0 Å². The normalized spacial score (nSPS) is 16.3. The van der Waals surface area contributed by atoms with Crippen molar-refractivity contribution in [3.63, 3.8) is 0 Å². The molecule has 0 saturated carbocycles. The first-order valence-electron chi connectivity index (χ1n) is 8.93. The van der Waals surface area contributed by atoms with Crippen LogP contribution in [-0.2, 0) is 16.8 Å². The van der Waals surface area contributed by atoms with Crippen LogP contribution in [0, 0.1) is 6.92 Å². The predicted octanol–water partition coefficient (Wildman–Crippen LogP) is 4.94. The topological polar surface area (TPSA) is 77.8 Å². The van der Waals surface area contributed by atoms with Gasteiger partial charge in [-0.05, 0) is 64.6 Å². The maximum atomic E-state index is 12.7. The van der Waals surface area contributed by atoms with E-state index >= 15 is 0 Å². The van der Waals surface area contributed by atoms with Gasteiger partial charge >= 0.3 is 0 Å². The van der Waals surface area contributed by atoms with Crippen molar-refractivity contribution in [2.75, 3.05) is 0 Å². The van der Waals surface area contributed by atoms with E-state index in [0.717, 1.165) is 17.3 Å². The monoisotopic (exact) mass is 397 g/mol. The molecule has 0 unspecified atom stereocenters. The van der Waals surface area contributed by atoms with Crippen LogP contribution >= 0.6 is 11.8 Å². The van der Waals surface area contributed by atoms with Gasteiger partial charge in [0.1, 0.15) is 0 Å². The van der Waals surface area contributed by atoms with Gasteiger partial charge in [0, 0.05) is 0 Å². The molecule has 0 aliphatic carbocycles. The number of nitrogens with zero attached hydrogens (tertiary/aromatic N) is 1. The van der Waals surface area contributed by atoms with E-state index in [2.05, 4.69) is 20.8 Å². The molecular weight excluding hydrogens is 374 g/mol. The van der Waals surface area contributed by atoms with Crippen molar-refractivity contribution >= 4 is 29.0 Å². The Morgan fingerprint density at radius 3 is 2.29 bits per heavy atom. The van der Waals surface area contributed by atoms with Crippen LogP contribution in [0.5, 0.6) is 11.5 Å². The van der Waals surface area contributed by atoms with E-state index in [1.165, 1.54) is 16.5 Å². The Kier molecular flexibility index (Phi) is 5.26. The summed E-state index contributed by atoms with van der Waals surface area (Å²) in [6.07, 6.45) is 1.56. The molecule has 1 fully saturated rings. The Balaban J connectivity index is 1.80. The highest BCUT2D eigenvalue weighted by atomic mass is 32.2. The lowest BCUT2D eigenvalue weighted by Crippen LogP contribution is -2.27. The highest BCUT2D eigenvalue weighted by Gasteiger charge is 2.35. The van der Waals surface area contributed by atoms with Gasteiger partial charge in [0.05, 0.1) is 11.4 Å². The van der Waals surface area contributed by atoms with Crippen LogP contribution in [0.4, 0.5) is 4.79 Å². The van der Waals surface area contributed by atoms with Crippen LogP contribution in [0.1, 0.15) is 43.0 Å². The molecule has 28 heavy (non-hydrogen) atoms. The highest BCUT2D eigenvalue weighted by molar-refractivity contribution is 8.18. The zero-order chi connectivity index (χ0) is 20.6. The van der Waals surface area contributed by atoms with Crippen LogP contribution in [0.15, 0.2) is 41.3 Å². The van der Waals surface area contributed by atoms with Crippen LogP contribution in [-0.4, -0.2) is 26.3 Å². The molecule has 2 aromatic carbocycles. The zero-order valence-electron chi connectivity index (χ0n) is 16.3. The SMILES string of the molecule is Cc1cc(/C=C2\SC(=O)N(Cc3ccc(C(C)(C)C)cc3)C2=O)cc(O)c1O. The Labute approximate surface area is 168 Å². The molecule has 146 valence electrons. The number of rotatable bonds is 3. The number of thioether (sulfide) groups is 1. The van der Waals surface area contributed by atoms with Gasteiger partial charge in [-0.1, -0.05) is 45.0 Å². The van der Waals surface area contributed by atoms with Crippen molar-refractivity contribution in [3.05, 3.63) is 63.6 Å². The van der Waals surface area contributed by atoms with Crippen molar-refractivity contribution in [1.82, 2.24) is 4.90 Å². The van der Waals surface area contributed by atoms with Crippen LogP contribution in [0.3, 0.4) is 0 Å². The average Bonchev–Trinajstić information content (AvgIpc) is 2.87. The summed E-state index contributed by atoms with van der Waals surface area (Å²) in [6.45, 7) is 8.26. The van der Waals surface area contributed by atoms with Gasteiger partial charge in [0.2, 0.25) is 0 Å². The Bertz CT molecular complexity index is 948. The quantitative estimate of drug-likeness (QED) is 0.567. The summed E-state index contributed by atoms with van der Waals surface area (Å²) < 4.78 is 0. The minimum atomic E-state index is -0.361. The molecule has 2 N–H and O–H groups in total. The summed E-state index contributed by atoms with van der Waals surface area (Å²) >= 11 is 0.874. The summed E-state index contributed by atoms with van der Waals surface area (Å²) in [5, 5.41) is 19.1. The molecule has 2 aromatic rings. The van der Waals surface area contributed by atoms with E-state index in [0.29, 0.717) is 16.0 Å². The third kappa shape index (κ3) is 4.07. The summed E-state index contributed by atoms with van der Waals surface area (Å²) in [6, 6.07) is 10.9. The number of aryl methyl sites for hydroxylation is 1. The first-order valence-corrected chi connectivity index (χ1v) is 9.75. The van der Waals surface area contributed by atoms with Crippen molar-refractivity contribution < 1.29 is 19.8 Å². The highest BCUT2D eigenvalue weighted by Crippen LogP contribution is 2.36. The Hall–Kier alpha value is -2.73. The largest absolute Gasteiger partial charge is 0.504 e. The number of hydrogen-bond donors (Lipinski definition) is 2. The van der Waals surface area contributed by atoms with E-state index in [9.17, 15) is 19.8 Å². The fourth-order valence-corrected chi connectivity index (χ4v) is 3.79. The minimum Gasteiger partial charge on any atom is -0.504 e. The maximum absolute atomic E-state index is 12.7. The van der Waals surface area contributed by atoms with Gasteiger partial charge in [-0.3, -0.25) is 14.5 Å². The third-order valence-electron chi connectivity index (χ3n) is 4.63. The lowest BCUT2D eigenvalue weighted by atomic mass is 9.87. The van der Waals surface area contributed by atoms with Crippen molar-refractivity contribution in [2.45, 2.75) is 39.7 Å². The van der Waals surface area contributed by atoms with E-state index < -0.39 is 0 Å². The molecule has 1 saturated heterocycles. The van der Waals surface area contributed by atoms with E-state index in [1.54, 1.807) is 19.1 Å². The summed E-state index contributed by atoms with van der Waals surface area (Å²) in [5.74, 6) is -0.812.